The van der Waals surface area contributed by atoms with Gasteiger partial charge in [-0.1, -0.05) is 29.8 Å². The van der Waals surface area contributed by atoms with Gasteiger partial charge in [0, 0.05) is 62.3 Å². The lowest BCUT2D eigenvalue weighted by Crippen LogP contribution is -2.48. The first kappa shape index (κ1) is 21.6. The average Bonchev–Trinajstić information content (AvgIpc) is 3.28. The van der Waals surface area contributed by atoms with E-state index in [0.29, 0.717) is 32.6 Å². The lowest BCUT2D eigenvalue weighted by atomic mass is 10.1. The molecule has 164 valence electrons. The van der Waals surface area contributed by atoms with Gasteiger partial charge in [-0.05, 0) is 36.3 Å². The van der Waals surface area contributed by atoms with Gasteiger partial charge in [-0.15, -0.1) is 0 Å². The highest BCUT2D eigenvalue weighted by Gasteiger charge is 2.22. The minimum atomic E-state index is -0.443. The van der Waals surface area contributed by atoms with Gasteiger partial charge in [-0.2, -0.15) is 4.37 Å². The van der Waals surface area contributed by atoms with Crippen LogP contribution in [-0.2, 0) is 11.2 Å². The van der Waals surface area contributed by atoms with E-state index in [0.717, 1.165) is 16.5 Å². The first-order valence-electron chi connectivity index (χ1n) is 10.3. The Kier molecular flexibility index (Phi) is 6.55. The van der Waals surface area contributed by atoms with Crippen LogP contribution in [0.4, 0.5) is 10.8 Å². The second-order valence-electron chi connectivity index (χ2n) is 7.65. The van der Waals surface area contributed by atoms with Crippen LogP contribution in [0.25, 0.3) is 6.08 Å². The molecule has 0 spiro atoms. The van der Waals surface area contributed by atoms with Crippen molar-refractivity contribution in [1.82, 2.24) is 14.3 Å². The molecular formula is C23H23N5O3S. The molecule has 0 atom stereocenters. The summed E-state index contributed by atoms with van der Waals surface area (Å²) in [6.45, 7) is 4.69. The molecule has 4 rings (SSSR count). The van der Waals surface area contributed by atoms with Crippen LogP contribution in [0.15, 0.2) is 54.6 Å². The first-order chi connectivity index (χ1) is 15.5. The van der Waals surface area contributed by atoms with Crippen molar-refractivity contribution in [3.8, 4) is 0 Å². The maximum Gasteiger partial charge on any atom is 0.269 e. The second-order valence-corrected chi connectivity index (χ2v) is 8.38. The van der Waals surface area contributed by atoms with Gasteiger partial charge in [-0.25, -0.2) is 4.98 Å². The molecule has 0 radical (unpaired) electrons. The van der Waals surface area contributed by atoms with Crippen molar-refractivity contribution in [2.24, 2.45) is 0 Å². The number of aryl methyl sites for hydroxylation is 1. The van der Waals surface area contributed by atoms with Gasteiger partial charge in [0.05, 0.1) is 4.92 Å². The number of aromatic nitrogens is 2. The summed E-state index contributed by atoms with van der Waals surface area (Å²) in [5.41, 5.74) is 3.20. The molecule has 0 bridgehead atoms. The summed E-state index contributed by atoms with van der Waals surface area (Å²) in [7, 11) is 0. The Morgan fingerprint density at radius 1 is 1.09 bits per heavy atom. The molecule has 1 saturated heterocycles. The van der Waals surface area contributed by atoms with E-state index >= 15 is 0 Å². The number of hydrogen-bond donors (Lipinski definition) is 0. The number of amides is 1. The predicted molar refractivity (Wildman–Crippen MR) is 125 cm³/mol. The molecule has 1 aliphatic rings. The van der Waals surface area contributed by atoms with Gasteiger partial charge in [0.15, 0.2) is 0 Å². The molecule has 8 nitrogen and oxygen atoms in total. The first-order valence-corrected chi connectivity index (χ1v) is 11.1. The minimum absolute atomic E-state index is 0.0308. The summed E-state index contributed by atoms with van der Waals surface area (Å²) < 4.78 is 4.50. The highest BCUT2D eigenvalue weighted by Crippen LogP contribution is 2.21. The summed E-state index contributed by atoms with van der Waals surface area (Å²) >= 11 is 1.40. The fraction of sp³-hybridized carbons (Fsp3) is 0.261. The zero-order chi connectivity index (χ0) is 22.5. The van der Waals surface area contributed by atoms with Crippen molar-refractivity contribution in [1.29, 1.82) is 0 Å². The lowest BCUT2D eigenvalue weighted by molar-refractivity contribution is -0.384. The Bertz CT molecular complexity index is 1120. The number of benzene rings is 2. The number of carbonyl (C=O) groups is 1. The topological polar surface area (TPSA) is 92.5 Å². The van der Waals surface area contributed by atoms with Gasteiger partial charge in [0.25, 0.3) is 5.69 Å². The zero-order valence-corrected chi connectivity index (χ0v) is 18.5. The van der Waals surface area contributed by atoms with Gasteiger partial charge in [-0.3, -0.25) is 14.9 Å². The number of carbonyl (C=O) groups excluding carboxylic acids is 1. The Balaban J connectivity index is 1.29. The number of nitro groups is 1. The predicted octanol–water partition coefficient (Wildman–Crippen LogP) is 3.71. The summed E-state index contributed by atoms with van der Waals surface area (Å²) in [5.74, 6) is 0.749. The van der Waals surface area contributed by atoms with Crippen molar-refractivity contribution in [2.75, 3.05) is 31.1 Å². The molecule has 1 amide bonds. The number of anilines is 1. The molecule has 2 heterocycles. The van der Waals surface area contributed by atoms with Crippen LogP contribution in [0.2, 0.25) is 0 Å². The van der Waals surface area contributed by atoms with Crippen LogP contribution >= 0.6 is 11.5 Å². The van der Waals surface area contributed by atoms with Crippen molar-refractivity contribution >= 4 is 34.3 Å². The molecule has 3 aromatic rings. The standard InChI is InChI=1S/C23H23N5O3S/c1-17-2-4-19(5-3-17)16-21-24-23(32-25-21)27-14-12-26(13-15-27)22(29)11-8-18-6-9-20(10-7-18)28(30)31/h2-11H,12-16H2,1H3. The quantitative estimate of drug-likeness (QED) is 0.324. The van der Waals surface area contributed by atoms with Gasteiger partial charge in [0.1, 0.15) is 5.82 Å². The van der Waals surface area contributed by atoms with Crippen LogP contribution in [0, 0.1) is 17.0 Å². The smallest absolute Gasteiger partial charge is 0.269 e. The largest absolute Gasteiger partial charge is 0.343 e. The van der Waals surface area contributed by atoms with Crippen LogP contribution in [0.1, 0.15) is 22.5 Å². The highest BCUT2D eigenvalue weighted by molar-refractivity contribution is 7.09. The normalized spacial score (nSPS) is 14.2. The molecule has 1 aliphatic heterocycles. The maximum absolute atomic E-state index is 12.5. The van der Waals surface area contributed by atoms with Crippen molar-refractivity contribution in [2.45, 2.75) is 13.3 Å². The Hall–Kier alpha value is -3.59. The molecule has 0 aliphatic carbocycles. The number of non-ortho nitro benzene ring substituents is 1. The summed E-state index contributed by atoms with van der Waals surface area (Å²) in [5, 5.41) is 11.6. The van der Waals surface area contributed by atoms with Gasteiger partial charge in [0.2, 0.25) is 11.0 Å². The molecule has 2 aromatic carbocycles. The SMILES string of the molecule is Cc1ccc(Cc2nsc(N3CCN(C(=O)C=Cc4ccc([N+](=O)[O-])cc4)CC3)n2)cc1. The fourth-order valence-corrected chi connectivity index (χ4v) is 4.17. The zero-order valence-electron chi connectivity index (χ0n) is 17.7. The summed E-state index contributed by atoms with van der Waals surface area (Å²) in [4.78, 5) is 31.4. The van der Waals surface area contributed by atoms with E-state index in [1.54, 1.807) is 23.1 Å². The van der Waals surface area contributed by atoms with Gasteiger partial charge >= 0.3 is 0 Å². The Morgan fingerprint density at radius 3 is 2.44 bits per heavy atom. The maximum atomic E-state index is 12.5. The van der Waals surface area contributed by atoms with Crippen LogP contribution < -0.4 is 4.90 Å². The van der Waals surface area contributed by atoms with E-state index in [-0.39, 0.29) is 11.6 Å². The third-order valence-corrected chi connectivity index (χ3v) is 6.14. The molecule has 0 unspecified atom stereocenters. The fourth-order valence-electron chi connectivity index (χ4n) is 3.43. The number of rotatable bonds is 6. The number of piperazine rings is 1. The third kappa shape index (κ3) is 5.36. The van der Waals surface area contributed by atoms with Crippen LogP contribution in [0.3, 0.4) is 0 Å². The highest BCUT2D eigenvalue weighted by atomic mass is 32.1. The van der Waals surface area contributed by atoms with E-state index in [9.17, 15) is 14.9 Å². The second kappa shape index (κ2) is 9.69. The molecule has 9 heteroatoms. The third-order valence-electron chi connectivity index (χ3n) is 5.32. The molecule has 0 saturated carbocycles. The molecule has 1 fully saturated rings. The lowest BCUT2D eigenvalue weighted by Gasteiger charge is -2.33. The van der Waals surface area contributed by atoms with E-state index in [1.165, 1.54) is 40.9 Å². The van der Waals surface area contributed by atoms with Crippen molar-refractivity contribution in [3.63, 3.8) is 0 Å². The Labute approximate surface area is 190 Å². The van der Waals surface area contributed by atoms with Crippen molar-refractivity contribution in [3.05, 3.63) is 87.2 Å². The number of nitrogens with zero attached hydrogens (tertiary/aromatic N) is 5. The van der Waals surface area contributed by atoms with Crippen molar-refractivity contribution < 1.29 is 9.72 Å². The molecule has 0 N–H and O–H groups in total. The van der Waals surface area contributed by atoms with E-state index in [1.807, 2.05) is 0 Å². The number of nitro benzene ring substituents is 1. The summed E-state index contributed by atoms with van der Waals surface area (Å²) in [6, 6.07) is 14.5. The van der Waals surface area contributed by atoms with Crippen LogP contribution in [0.5, 0.6) is 0 Å². The summed E-state index contributed by atoms with van der Waals surface area (Å²) in [6.07, 6.45) is 3.91. The van der Waals surface area contributed by atoms with Crippen LogP contribution in [-0.4, -0.2) is 51.3 Å². The van der Waals surface area contributed by atoms with E-state index < -0.39 is 4.92 Å². The molecule has 32 heavy (non-hydrogen) atoms. The number of hydrogen-bond acceptors (Lipinski definition) is 7. The molecular weight excluding hydrogens is 426 g/mol. The minimum Gasteiger partial charge on any atom is -0.343 e. The van der Waals surface area contributed by atoms with E-state index in [4.69, 9.17) is 0 Å². The average molecular weight is 450 g/mol. The molecule has 1 aromatic heterocycles. The monoisotopic (exact) mass is 449 g/mol. The van der Waals surface area contributed by atoms with E-state index in [2.05, 4.69) is 45.4 Å². The Morgan fingerprint density at radius 2 is 1.78 bits per heavy atom. The van der Waals surface area contributed by atoms with Gasteiger partial charge < -0.3 is 9.80 Å².